The summed E-state index contributed by atoms with van der Waals surface area (Å²) in [6.45, 7) is -0.168. The number of hydrogen-bond acceptors (Lipinski definition) is 6. The van der Waals surface area contributed by atoms with E-state index in [-0.39, 0.29) is 12.5 Å². The molecule has 0 atom stereocenters. The number of para-hydroxylation sites is 2. The minimum Gasteiger partial charge on any atom is -0.495 e. The van der Waals surface area contributed by atoms with Crippen molar-refractivity contribution < 1.29 is 19.0 Å². The van der Waals surface area contributed by atoms with E-state index in [4.69, 9.17) is 20.1 Å². The minimum atomic E-state index is -0.311. The lowest BCUT2D eigenvalue weighted by Crippen LogP contribution is -2.20. The van der Waals surface area contributed by atoms with E-state index in [0.29, 0.717) is 22.9 Å². The number of nitrogens with one attached hydrogen (secondary N) is 1. The van der Waals surface area contributed by atoms with Gasteiger partial charge in [-0.15, -0.1) is 0 Å². The highest BCUT2D eigenvalue weighted by Crippen LogP contribution is 2.28. The third-order valence-electron chi connectivity index (χ3n) is 3.15. The van der Waals surface area contributed by atoms with E-state index in [1.54, 1.807) is 43.5 Å². The van der Waals surface area contributed by atoms with E-state index in [1.165, 1.54) is 13.3 Å². The number of carbonyl (C=O) groups excluding carboxylic acids is 1. The summed E-state index contributed by atoms with van der Waals surface area (Å²) in [5.74, 6) is 6.32. The van der Waals surface area contributed by atoms with Crippen LogP contribution in [-0.4, -0.2) is 32.9 Å². The summed E-state index contributed by atoms with van der Waals surface area (Å²) < 4.78 is 15.9. The molecule has 7 nitrogen and oxygen atoms in total. The van der Waals surface area contributed by atoms with Gasteiger partial charge in [0.1, 0.15) is 5.75 Å². The molecule has 1 amide bonds. The number of ether oxygens (including phenoxy) is 3. The molecule has 0 saturated heterocycles. The van der Waals surface area contributed by atoms with Gasteiger partial charge in [0.2, 0.25) is 0 Å². The zero-order valence-electron chi connectivity index (χ0n) is 13.5. The van der Waals surface area contributed by atoms with Crippen LogP contribution >= 0.6 is 0 Å². The SMILES string of the molecule is COc1ccccc1NC(=O)COc1ccc(C=NN)cc1OC. The Morgan fingerprint density at radius 3 is 2.58 bits per heavy atom. The fourth-order valence-corrected chi connectivity index (χ4v) is 2.05. The maximum atomic E-state index is 12.1. The van der Waals surface area contributed by atoms with Gasteiger partial charge in [-0.05, 0) is 35.9 Å². The minimum absolute atomic E-state index is 0.168. The molecule has 0 aliphatic rings. The fourth-order valence-electron chi connectivity index (χ4n) is 2.05. The number of carbonyl (C=O) groups is 1. The maximum Gasteiger partial charge on any atom is 0.262 e. The second kappa shape index (κ2) is 8.42. The number of nitrogens with two attached hydrogens (primary N) is 1. The lowest BCUT2D eigenvalue weighted by molar-refractivity contribution is -0.118. The lowest BCUT2D eigenvalue weighted by atomic mass is 10.2. The summed E-state index contributed by atoms with van der Waals surface area (Å²) in [6.07, 6.45) is 1.49. The molecule has 2 aromatic carbocycles. The van der Waals surface area contributed by atoms with Gasteiger partial charge in [0.05, 0.1) is 26.1 Å². The first-order chi connectivity index (χ1) is 11.7. The first-order valence-corrected chi connectivity index (χ1v) is 7.15. The molecule has 3 N–H and O–H groups in total. The molecule has 0 heterocycles. The normalized spacial score (nSPS) is 10.4. The summed E-state index contributed by atoms with van der Waals surface area (Å²) >= 11 is 0. The molecule has 2 aromatic rings. The Kier molecular flexibility index (Phi) is 6.01. The summed E-state index contributed by atoms with van der Waals surface area (Å²) in [4.78, 5) is 12.1. The Morgan fingerprint density at radius 1 is 1.12 bits per heavy atom. The Bertz CT molecular complexity index is 732. The van der Waals surface area contributed by atoms with Crippen LogP contribution in [0.1, 0.15) is 5.56 Å². The van der Waals surface area contributed by atoms with Crippen LogP contribution in [0.15, 0.2) is 47.6 Å². The third-order valence-corrected chi connectivity index (χ3v) is 3.15. The molecule has 0 fully saturated rings. The summed E-state index contributed by atoms with van der Waals surface area (Å²) in [6, 6.07) is 12.3. The number of methoxy groups -OCH3 is 2. The predicted octanol–water partition coefficient (Wildman–Crippen LogP) is 2.01. The van der Waals surface area contributed by atoms with E-state index >= 15 is 0 Å². The van der Waals surface area contributed by atoms with Crippen LogP contribution < -0.4 is 25.4 Å². The topological polar surface area (TPSA) is 95.2 Å². The number of nitrogens with zero attached hydrogens (tertiary/aromatic N) is 1. The van der Waals surface area contributed by atoms with Crippen molar-refractivity contribution in [1.29, 1.82) is 0 Å². The number of hydrazone groups is 1. The van der Waals surface area contributed by atoms with Crippen LogP contribution in [0.4, 0.5) is 5.69 Å². The van der Waals surface area contributed by atoms with E-state index in [9.17, 15) is 4.79 Å². The highest BCUT2D eigenvalue weighted by atomic mass is 16.5. The summed E-state index contributed by atoms with van der Waals surface area (Å²) in [5, 5.41) is 6.18. The van der Waals surface area contributed by atoms with Crippen molar-refractivity contribution in [3.63, 3.8) is 0 Å². The van der Waals surface area contributed by atoms with Crippen LogP contribution in [0.25, 0.3) is 0 Å². The van der Waals surface area contributed by atoms with Gasteiger partial charge in [-0.2, -0.15) is 5.10 Å². The Balaban J connectivity index is 2.01. The van der Waals surface area contributed by atoms with Crippen molar-refractivity contribution in [2.75, 3.05) is 26.1 Å². The zero-order chi connectivity index (χ0) is 17.4. The van der Waals surface area contributed by atoms with Crippen LogP contribution in [-0.2, 0) is 4.79 Å². The average molecular weight is 329 g/mol. The van der Waals surface area contributed by atoms with Gasteiger partial charge in [0.15, 0.2) is 18.1 Å². The maximum absolute atomic E-state index is 12.1. The van der Waals surface area contributed by atoms with Crippen LogP contribution in [0.2, 0.25) is 0 Å². The molecule has 0 spiro atoms. The van der Waals surface area contributed by atoms with Gasteiger partial charge in [0.25, 0.3) is 5.91 Å². The average Bonchev–Trinajstić information content (AvgIpc) is 2.61. The van der Waals surface area contributed by atoms with Gasteiger partial charge in [-0.3, -0.25) is 4.79 Å². The number of amides is 1. The van der Waals surface area contributed by atoms with Gasteiger partial charge in [-0.1, -0.05) is 12.1 Å². The first kappa shape index (κ1) is 17.1. The first-order valence-electron chi connectivity index (χ1n) is 7.15. The Labute approximate surface area is 140 Å². The second-order valence-corrected chi connectivity index (χ2v) is 4.73. The quantitative estimate of drug-likeness (QED) is 0.460. The van der Waals surface area contributed by atoms with Crippen LogP contribution in [0, 0.1) is 0 Å². The van der Waals surface area contributed by atoms with E-state index in [2.05, 4.69) is 10.4 Å². The zero-order valence-corrected chi connectivity index (χ0v) is 13.5. The van der Waals surface area contributed by atoms with E-state index in [1.807, 2.05) is 6.07 Å². The largest absolute Gasteiger partial charge is 0.495 e. The predicted molar refractivity (Wildman–Crippen MR) is 91.9 cm³/mol. The van der Waals surface area contributed by atoms with Gasteiger partial charge in [0, 0.05) is 0 Å². The monoisotopic (exact) mass is 329 g/mol. The summed E-state index contributed by atoms with van der Waals surface area (Å²) in [5.41, 5.74) is 1.34. The van der Waals surface area contributed by atoms with Crippen LogP contribution in [0.3, 0.4) is 0 Å². The summed E-state index contributed by atoms with van der Waals surface area (Å²) in [7, 11) is 3.05. The van der Waals surface area contributed by atoms with E-state index in [0.717, 1.165) is 5.56 Å². The molecule has 2 rings (SSSR count). The molecule has 24 heavy (non-hydrogen) atoms. The van der Waals surface area contributed by atoms with Gasteiger partial charge < -0.3 is 25.4 Å². The molecular weight excluding hydrogens is 310 g/mol. The van der Waals surface area contributed by atoms with Crippen molar-refractivity contribution in [3.8, 4) is 17.2 Å². The highest BCUT2D eigenvalue weighted by Gasteiger charge is 2.10. The molecule has 0 saturated carbocycles. The molecular formula is C17H19N3O4. The smallest absolute Gasteiger partial charge is 0.262 e. The van der Waals surface area contributed by atoms with E-state index < -0.39 is 0 Å². The number of hydrogen-bond donors (Lipinski definition) is 2. The Hall–Kier alpha value is -3.22. The molecule has 0 aliphatic heterocycles. The third kappa shape index (κ3) is 4.39. The standard InChI is InChI=1S/C17H19N3O4/c1-22-14-6-4-3-5-13(14)20-17(21)11-24-15-8-7-12(10-19-18)9-16(15)23-2/h3-10H,11,18H2,1-2H3,(H,20,21). The number of anilines is 1. The Morgan fingerprint density at radius 2 is 1.88 bits per heavy atom. The highest BCUT2D eigenvalue weighted by molar-refractivity contribution is 5.93. The molecule has 0 aliphatic carbocycles. The molecule has 7 heteroatoms. The molecule has 0 radical (unpaired) electrons. The number of rotatable bonds is 7. The van der Waals surface area contributed by atoms with Crippen molar-refractivity contribution in [2.45, 2.75) is 0 Å². The molecule has 0 unspecified atom stereocenters. The number of benzene rings is 2. The molecule has 0 aromatic heterocycles. The van der Waals surface area contributed by atoms with Crippen molar-refractivity contribution >= 4 is 17.8 Å². The van der Waals surface area contributed by atoms with Crippen LogP contribution in [0.5, 0.6) is 17.2 Å². The fraction of sp³-hybridized carbons (Fsp3) is 0.176. The lowest BCUT2D eigenvalue weighted by Gasteiger charge is -2.12. The van der Waals surface area contributed by atoms with Gasteiger partial charge in [-0.25, -0.2) is 0 Å². The molecule has 126 valence electrons. The van der Waals surface area contributed by atoms with Crippen molar-refractivity contribution in [3.05, 3.63) is 48.0 Å². The van der Waals surface area contributed by atoms with Gasteiger partial charge >= 0.3 is 0 Å². The molecule has 0 bridgehead atoms. The van der Waals surface area contributed by atoms with Crippen molar-refractivity contribution in [2.24, 2.45) is 10.9 Å². The second-order valence-electron chi connectivity index (χ2n) is 4.73. The van der Waals surface area contributed by atoms with Crippen molar-refractivity contribution in [1.82, 2.24) is 0 Å².